The molecule has 1 saturated heterocycles. The van der Waals surface area contributed by atoms with Gasteiger partial charge >= 0.3 is 0 Å². The lowest BCUT2D eigenvalue weighted by atomic mass is 10.1. The fourth-order valence-electron chi connectivity index (χ4n) is 2.52. The minimum absolute atomic E-state index is 0.264. The number of nitrogen functional groups attached to an aromatic ring is 1. The van der Waals surface area contributed by atoms with Gasteiger partial charge in [-0.15, -0.1) is 0 Å². The van der Waals surface area contributed by atoms with Gasteiger partial charge < -0.3 is 15.7 Å². The van der Waals surface area contributed by atoms with Crippen LogP contribution in [0.3, 0.4) is 0 Å². The molecule has 100 valence electrons. The van der Waals surface area contributed by atoms with Crippen molar-refractivity contribution in [3.8, 4) is 0 Å². The Hall–Kier alpha value is -0.810. The quantitative estimate of drug-likeness (QED) is 0.896. The Labute approximate surface area is 116 Å². The van der Waals surface area contributed by atoms with Crippen molar-refractivity contribution in [3.05, 3.63) is 16.2 Å². The zero-order valence-corrected chi connectivity index (χ0v) is 12.3. The number of rotatable bonds is 4. The van der Waals surface area contributed by atoms with E-state index in [1.807, 2.05) is 6.92 Å². The number of pyridine rings is 1. The molecule has 2 rings (SSSR count). The molecule has 4 nitrogen and oxygen atoms in total. The number of nitrogens with two attached hydrogens (primary N) is 1. The summed E-state index contributed by atoms with van der Waals surface area (Å²) < 4.78 is 0.999. The van der Waals surface area contributed by atoms with E-state index < -0.39 is 0 Å². The first-order valence-corrected chi connectivity index (χ1v) is 7.22. The summed E-state index contributed by atoms with van der Waals surface area (Å²) in [6, 6.07) is 0.490. The van der Waals surface area contributed by atoms with Gasteiger partial charge in [0.05, 0.1) is 16.4 Å². The fraction of sp³-hybridized carbons (Fsp3) is 0.615. The summed E-state index contributed by atoms with van der Waals surface area (Å²) in [5, 5.41) is 8.96. The summed E-state index contributed by atoms with van der Waals surface area (Å²) in [5.41, 5.74) is 7.63. The van der Waals surface area contributed by atoms with Crippen molar-refractivity contribution in [3.63, 3.8) is 0 Å². The zero-order chi connectivity index (χ0) is 13.1. The van der Waals surface area contributed by atoms with Gasteiger partial charge in [0.15, 0.2) is 0 Å². The van der Waals surface area contributed by atoms with Gasteiger partial charge in [0, 0.05) is 19.2 Å². The highest BCUT2D eigenvalue weighted by atomic mass is 79.9. The third-order valence-electron chi connectivity index (χ3n) is 3.63. The van der Waals surface area contributed by atoms with Crippen molar-refractivity contribution in [2.45, 2.75) is 38.6 Å². The number of hydrogen-bond acceptors (Lipinski definition) is 4. The smallest absolute Gasteiger partial charge is 0.143 e. The highest BCUT2D eigenvalue weighted by Gasteiger charge is 2.27. The van der Waals surface area contributed by atoms with Gasteiger partial charge in [-0.3, -0.25) is 0 Å². The lowest BCUT2D eigenvalue weighted by Gasteiger charge is -2.27. The fourth-order valence-corrected chi connectivity index (χ4v) is 3.08. The zero-order valence-electron chi connectivity index (χ0n) is 10.7. The highest BCUT2D eigenvalue weighted by molar-refractivity contribution is 9.10. The first kappa shape index (κ1) is 13.6. The van der Waals surface area contributed by atoms with Gasteiger partial charge in [-0.2, -0.15) is 0 Å². The van der Waals surface area contributed by atoms with Crippen molar-refractivity contribution in [2.75, 3.05) is 23.8 Å². The van der Waals surface area contributed by atoms with Crippen LogP contribution in [0.4, 0.5) is 11.5 Å². The summed E-state index contributed by atoms with van der Waals surface area (Å²) in [7, 11) is 0. The molecule has 0 bridgehead atoms. The molecule has 1 unspecified atom stereocenters. The number of aromatic nitrogens is 1. The standard InChI is InChI=1S/C13H20BrN3O/c1-9-11(15)8-16-13(12(9)14)17-6-2-4-10(17)5-3-7-18/h8,10,18H,2-7,15H2,1H3. The van der Waals surface area contributed by atoms with E-state index in [1.54, 1.807) is 6.20 Å². The number of aliphatic hydroxyl groups excluding tert-OH is 1. The van der Waals surface area contributed by atoms with Crippen molar-refractivity contribution < 1.29 is 5.11 Å². The number of hydrogen-bond donors (Lipinski definition) is 2. The molecule has 1 aromatic heterocycles. The van der Waals surface area contributed by atoms with Crippen LogP contribution in [0.25, 0.3) is 0 Å². The van der Waals surface area contributed by atoms with Gasteiger partial charge in [-0.1, -0.05) is 0 Å². The predicted octanol–water partition coefficient (Wildman–Crippen LogP) is 2.48. The third-order valence-corrected chi connectivity index (χ3v) is 4.58. The summed E-state index contributed by atoms with van der Waals surface area (Å²) in [6.45, 7) is 3.30. The van der Waals surface area contributed by atoms with Crippen LogP contribution in [0, 0.1) is 6.92 Å². The molecule has 0 amide bonds. The second kappa shape index (κ2) is 5.89. The van der Waals surface area contributed by atoms with E-state index in [1.165, 1.54) is 12.8 Å². The van der Waals surface area contributed by atoms with Crippen LogP contribution in [0.15, 0.2) is 10.7 Å². The predicted molar refractivity (Wildman–Crippen MR) is 77.8 cm³/mol. The summed E-state index contributed by atoms with van der Waals surface area (Å²) in [4.78, 5) is 6.81. The molecule has 1 atom stereocenters. The van der Waals surface area contributed by atoms with Crippen molar-refractivity contribution in [1.82, 2.24) is 4.98 Å². The summed E-state index contributed by atoms with van der Waals surface area (Å²) in [6.07, 6.45) is 5.98. The molecule has 0 radical (unpaired) electrons. The highest BCUT2D eigenvalue weighted by Crippen LogP contribution is 2.35. The topological polar surface area (TPSA) is 62.4 Å². The Morgan fingerprint density at radius 1 is 1.61 bits per heavy atom. The Bertz CT molecular complexity index is 425. The number of anilines is 2. The molecule has 5 heteroatoms. The molecule has 1 aliphatic heterocycles. The van der Waals surface area contributed by atoms with Crippen LogP contribution in [0.5, 0.6) is 0 Å². The molecule has 1 aliphatic rings. The van der Waals surface area contributed by atoms with E-state index in [2.05, 4.69) is 25.8 Å². The minimum atomic E-state index is 0.264. The van der Waals surface area contributed by atoms with Crippen molar-refractivity contribution in [1.29, 1.82) is 0 Å². The average molecular weight is 314 g/mol. The molecule has 18 heavy (non-hydrogen) atoms. The molecular weight excluding hydrogens is 294 g/mol. The van der Waals surface area contributed by atoms with E-state index in [0.717, 1.165) is 40.9 Å². The van der Waals surface area contributed by atoms with E-state index in [9.17, 15) is 0 Å². The minimum Gasteiger partial charge on any atom is -0.397 e. The summed E-state index contributed by atoms with van der Waals surface area (Å²) in [5.74, 6) is 0.988. The van der Waals surface area contributed by atoms with Gasteiger partial charge in [-0.25, -0.2) is 4.98 Å². The second-order valence-electron chi connectivity index (χ2n) is 4.83. The first-order valence-electron chi connectivity index (χ1n) is 6.43. The molecule has 1 aromatic rings. The Morgan fingerprint density at radius 2 is 2.39 bits per heavy atom. The van der Waals surface area contributed by atoms with Crippen LogP contribution in [0.2, 0.25) is 0 Å². The maximum Gasteiger partial charge on any atom is 0.143 e. The van der Waals surface area contributed by atoms with Crippen LogP contribution >= 0.6 is 15.9 Å². The summed E-state index contributed by atoms with van der Waals surface area (Å²) >= 11 is 3.60. The molecule has 3 N–H and O–H groups in total. The van der Waals surface area contributed by atoms with Crippen LogP contribution < -0.4 is 10.6 Å². The maximum atomic E-state index is 8.96. The average Bonchev–Trinajstić information content (AvgIpc) is 2.82. The Balaban J connectivity index is 2.22. The van der Waals surface area contributed by atoms with Crippen molar-refractivity contribution >= 4 is 27.4 Å². The SMILES string of the molecule is Cc1c(N)cnc(N2CCCC2CCCO)c1Br. The van der Waals surface area contributed by atoms with E-state index in [-0.39, 0.29) is 6.61 Å². The van der Waals surface area contributed by atoms with Gasteiger partial charge in [0.1, 0.15) is 5.82 Å². The lowest BCUT2D eigenvalue weighted by molar-refractivity contribution is 0.279. The second-order valence-corrected chi connectivity index (χ2v) is 5.62. The van der Waals surface area contributed by atoms with Crippen LogP contribution in [-0.4, -0.2) is 29.3 Å². The number of aliphatic hydroxyl groups is 1. The molecule has 0 aliphatic carbocycles. The van der Waals surface area contributed by atoms with Crippen LogP contribution in [0.1, 0.15) is 31.2 Å². The van der Waals surface area contributed by atoms with E-state index in [4.69, 9.17) is 10.8 Å². The molecule has 0 saturated carbocycles. The van der Waals surface area contributed by atoms with Gasteiger partial charge in [0.2, 0.25) is 0 Å². The largest absolute Gasteiger partial charge is 0.397 e. The molecule has 0 spiro atoms. The van der Waals surface area contributed by atoms with Gasteiger partial charge in [-0.05, 0) is 54.1 Å². The normalized spacial score (nSPS) is 19.5. The third kappa shape index (κ3) is 2.62. The first-order chi connectivity index (χ1) is 8.65. The number of nitrogens with zero attached hydrogens (tertiary/aromatic N) is 2. The Morgan fingerprint density at radius 3 is 3.11 bits per heavy atom. The number of halogens is 1. The van der Waals surface area contributed by atoms with Crippen molar-refractivity contribution in [2.24, 2.45) is 0 Å². The van der Waals surface area contributed by atoms with Crippen LogP contribution in [-0.2, 0) is 0 Å². The lowest BCUT2D eigenvalue weighted by Crippen LogP contribution is -2.30. The monoisotopic (exact) mass is 313 g/mol. The molecular formula is C13H20BrN3O. The maximum absolute atomic E-state index is 8.96. The Kier molecular flexibility index (Phi) is 4.45. The van der Waals surface area contributed by atoms with E-state index in [0.29, 0.717) is 6.04 Å². The van der Waals surface area contributed by atoms with E-state index >= 15 is 0 Å². The molecule has 1 fully saturated rings. The van der Waals surface area contributed by atoms with Gasteiger partial charge in [0.25, 0.3) is 0 Å². The molecule has 0 aromatic carbocycles. The molecule has 2 heterocycles.